The van der Waals surface area contributed by atoms with Gasteiger partial charge in [-0.3, -0.25) is 14.6 Å². The first kappa shape index (κ1) is 30.8. The summed E-state index contributed by atoms with van der Waals surface area (Å²) in [6, 6.07) is 8.92. The lowest BCUT2D eigenvalue weighted by Gasteiger charge is -2.25. The number of carbonyl (C=O) groups is 2. The van der Waals surface area contributed by atoms with E-state index in [1.54, 1.807) is 12.1 Å². The van der Waals surface area contributed by atoms with Crippen LogP contribution in [0.15, 0.2) is 67.0 Å². The molecule has 5 rings (SSSR count). The van der Waals surface area contributed by atoms with Crippen molar-refractivity contribution < 1.29 is 35.9 Å². The lowest BCUT2D eigenvalue weighted by atomic mass is 9.94. The molecule has 0 bridgehead atoms. The number of halogens is 6. The van der Waals surface area contributed by atoms with Crippen molar-refractivity contribution in [3.8, 4) is 11.1 Å². The molecule has 2 heterocycles. The van der Waals surface area contributed by atoms with Crippen molar-refractivity contribution >= 4 is 11.8 Å². The van der Waals surface area contributed by atoms with Crippen molar-refractivity contribution in [3.63, 3.8) is 0 Å². The second-order valence-corrected chi connectivity index (χ2v) is 10.8. The van der Waals surface area contributed by atoms with Gasteiger partial charge in [-0.25, -0.2) is 13.2 Å². The zero-order chi connectivity index (χ0) is 31.8. The maximum atomic E-state index is 14.5. The van der Waals surface area contributed by atoms with Crippen LogP contribution in [0.4, 0.5) is 26.3 Å². The van der Waals surface area contributed by atoms with E-state index in [0.717, 1.165) is 30.5 Å². The average Bonchev–Trinajstić information content (AvgIpc) is 3.72. The molecule has 2 amide bonds. The largest absolute Gasteiger partial charge is 0.417 e. The van der Waals surface area contributed by atoms with Gasteiger partial charge < -0.3 is 15.2 Å². The Morgan fingerprint density at radius 2 is 1.73 bits per heavy atom. The number of benzene rings is 2. The van der Waals surface area contributed by atoms with E-state index >= 15 is 0 Å². The summed E-state index contributed by atoms with van der Waals surface area (Å²) in [4.78, 5) is 30.4. The molecule has 0 radical (unpaired) electrons. The predicted molar refractivity (Wildman–Crippen MR) is 150 cm³/mol. The minimum Gasteiger partial charge on any atom is -0.355 e. The Morgan fingerprint density at radius 1 is 1.02 bits per heavy atom. The summed E-state index contributed by atoms with van der Waals surface area (Å²) in [7, 11) is 1.35. The Labute approximate surface area is 249 Å². The van der Waals surface area contributed by atoms with Crippen molar-refractivity contribution in [2.75, 3.05) is 7.05 Å². The molecule has 230 valence electrons. The number of nitrogens with one attached hydrogen (secondary N) is 2. The van der Waals surface area contributed by atoms with E-state index in [4.69, 9.17) is 0 Å². The lowest BCUT2D eigenvalue weighted by molar-refractivity contribution is -0.137. The van der Waals surface area contributed by atoms with Gasteiger partial charge in [0.1, 0.15) is 23.5 Å². The molecule has 44 heavy (non-hydrogen) atoms. The Hall–Kier alpha value is -4.61. The van der Waals surface area contributed by atoms with Gasteiger partial charge in [0.15, 0.2) is 0 Å². The molecule has 1 fully saturated rings. The topological polar surface area (TPSA) is 76.0 Å². The highest BCUT2D eigenvalue weighted by Crippen LogP contribution is 2.44. The van der Waals surface area contributed by atoms with Crippen LogP contribution in [0.3, 0.4) is 0 Å². The smallest absolute Gasteiger partial charge is 0.355 e. The zero-order valence-electron chi connectivity index (χ0n) is 23.7. The number of aromatic nitrogens is 2. The van der Waals surface area contributed by atoms with E-state index in [1.165, 1.54) is 36.9 Å². The van der Waals surface area contributed by atoms with Crippen LogP contribution in [0.5, 0.6) is 0 Å². The SMILES string of the molecule is CNC(=O)c1cc(-c2cccnc2[C@H](Cc2cc(F)cc(F)c2)NC(=O)C(C)n2cc(C(F)(F)F)cc2C2CC2)ccc1F. The summed E-state index contributed by atoms with van der Waals surface area (Å²) in [6.45, 7) is 1.47. The van der Waals surface area contributed by atoms with E-state index in [1.807, 2.05) is 0 Å². The molecule has 6 nitrogen and oxygen atoms in total. The zero-order valence-corrected chi connectivity index (χ0v) is 23.7. The third-order valence-electron chi connectivity index (χ3n) is 7.60. The molecule has 1 aliphatic rings. The third kappa shape index (κ3) is 6.63. The van der Waals surface area contributed by atoms with E-state index < -0.39 is 53.1 Å². The maximum absolute atomic E-state index is 14.5. The Balaban J connectivity index is 1.55. The molecule has 0 saturated heterocycles. The number of nitrogens with zero attached hydrogens (tertiary/aromatic N) is 2. The fourth-order valence-electron chi connectivity index (χ4n) is 5.23. The van der Waals surface area contributed by atoms with Gasteiger partial charge >= 0.3 is 6.18 Å². The first-order chi connectivity index (χ1) is 20.8. The molecule has 2 atom stereocenters. The Morgan fingerprint density at radius 3 is 2.36 bits per heavy atom. The van der Waals surface area contributed by atoms with Gasteiger partial charge in [-0.1, -0.05) is 12.1 Å². The summed E-state index contributed by atoms with van der Waals surface area (Å²) >= 11 is 0. The highest BCUT2D eigenvalue weighted by molar-refractivity contribution is 5.95. The Bertz CT molecular complexity index is 1690. The van der Waals surface area contributed by atoms with Crippen LogP contribution in [0.2, 0.25) is 0 Å². The monoisotopic (exact) mass is 614 g/mol. The highest BCUT2D eigenvalue weighted by Gasteiger charge is 2.38. The van der Waals surface area contributed by atoms with Crippen molar-refractivity contribution in [1.82, 2.24) is 20.2 Å². The van der Waals surface area contributed by atoms with Crippen molar-refractivity contribution in [2.24, 2.45) is 0 Å². The summed E-state index contributed by atoms with van der Waals surface area (Å²) in [5, 5.41) is 5.19. The second-order valence-electron chi connectivity index (χ2n) is 10.8. The van der Waals surface area contributed by atoms with E-state index in [0.29, 0.717) is 35.7 Å². The summed E-state index contributed by atoms with van der Waals surface area (Å²) in [6.07, 6.45) is -0.980. The number of rotatable bonds is 9. The number of alkyl halides is 3. The number of hydrogen-bond donors (Lipinski definition) is 2. The van der Waals surface area contributed by atoms with Gasteiger partial charge in [0.2, 0.25) is 5.91 Å². The third-order valence-corrected chi connectivity index (χ3v) is 7.60. The number of carbonyl (C=O) groups excluding carboxylic acids is 2. The molecule has 0 spiro atoms. The number of amides is 2. The van der Waals surface area contributed by atoms with Crippen molar-refractivity contribution in [2.45, 2.75) is 50.4 Å². The van der Waals surface area contributed by atoms with Crippen LogP contribution in [-0.4, -0.2) is 28.4 Å². The van der Waals surface area contributed by atoms with Gasteiger partial charge in [-0.05, 0) is 79.6 Å². The fraction of sp³-hybridized carbons (Fsp3) is 0.281. The van der Waals surface area contributed by atoms with Crippen LogP contribution >= 0.6 is 0 Å². The molecule has 2 aromatic heterocycles. The molecular formula is C32H28F6N4O2. The first-order valence-electron chi connectivity index (χ1n) is 13.9. The molecule has 4 aromatic rings. The van der Waals surface area contributed by atoms with Crippen LogP contribution in [0.25, 0.3) is 11.1 Å². The summed E-state index contributed by atoms with van der Waals surface area (Å²) in [5.74, 6) is -3.85. The van der Waals surface area contributed by atoms with Gasteiger partial charge in [-0.2, -0.15) is 13.2 Å². The molecule has 1 aliphatic carbocycles. The van der Waals surface area contributed by atoms with E-state index in [2.05, 4.69) is 15.6 Å². The average molecular weight is 615 g/mol. The standard InChI is InChI=1S/C32H28F6N4O2/c1-17(42-16-21(32(36,37)38)14-28(42)19-5-6-19)30(43)41-27(12-18-10-22(33)15-23(34)11-18)29-24(4-3-9-40-29)20-7-8-26(35)25(13-20)31(44)39-2/h3-4,7-11,13-17,19,27H,5-6,12H2,1-2H3,(H,39,44)(H,41,43)/t17?,27-/m0/s1. The molecule has 2 N–H and O–H groups in total. The first-order valence-corrected chi connectivity index (χ1v) is 13.9. The molecular weight excluding hydrogens is 586 g/mol. The van der Waals surface area contributed by atoms with Crippen LogP contribution in [0, 0.1) is 17.5 Å². The van der Waals surface area contributed by atoms with Crippen molar-refractivity contribution in [3.05, 3.63) is 113 Å². The Kier molecular flexibility index (Phi) is 8.53. The molecule has 12 heteroatoms. The summed E-state index contributed by atoms with van der Waals surface area (Å²) in [5.41, 5.74) is 0.492. The van der Waals surface area contributed by atoms with Gasteiger partial charge in [0, 0.05) is 36.8 Å². The fourth-order valence-corrected chi connectivity index (χ4v) is 5.23. The molecule has 2 aromatic carbocycles. The predicted octanol–water partition coefficient (Wildman–Crippen LogP) is 6.88. The van der Waals surface area contributed by atoms with Crippen LogP contribution in [-0.2, 0) is 17.4 Å². The van der Waals surface area contributed by atoms with Gasteiger partial charge in [0.25, 0.3) is 5.91 Å². The highest BCUT2D eigenvalue weighted by atomic mass is 19.4. The minimum atomic E-state index is -4.60. The number of pyridine rings is 1. The quantitative estimate of drug-likeness (QED) is 0.202. The minimum absolute atomic E-state index is 0.0946. The number of hydrogen-bond acceptors (Lipinski definition) is 3. The maximum Gasteiger partial charge on any atom is 0.417 e. The van der Waals surface area contributed by atoms with Gasteiger partial charge in [0.05, 0.1) is 22.9 Å². The van der Waals surface area contributed by atoms with E-state index in [9.17, 15) is 35.9 Å². The molecule has 1 unspecified atom stereocenters. The van der Waals surface area contributed by atoms with E-state index in [-0.39, 0.29) is 29.2 Å². The second kappa shape index (κ2) is 12.2. The van der Waals surface area contributed by atoms with Crippen molar-refractivity contribution in [1.29, 1.82) is 0 Å². The van der Waals surface area contributed by atoms with Crippen LogP contribution < -0.4 is 10.6 Å². The van der Waals surface area contributed by atoms with Crippen LogP contribution in [0.1, 0.15) is 70.6 Å². The summed E-state index contributed by atoms with van der Waals surface area (Å²) < 4.78 is 84.8. The molecule has 0 aliphatic heterocycles. The lowest BCUT2D eigenvalue weighted by Crippen LogP contribution is -2.36. The normalized spacial score (nSPS) is 14.6. The van der Waals surface area contributed by atoms with Gasteiger partial charge in [-0.15, -0.1) is 0 Å². The molecule has 1 saturated carbocycles.